The van der Waals surface area contributed by atoms with E-state index in [1.54, 1.807) is 11.1 Å². The summed E-state index contributed by atoms with van der Waals surface area (Å²) in [6.07, 6.45) is 11.9. The molecule has 2 rings (SSSR count). The molecule has 0 bridgehead atoms. The van der Waals surface area contributed by atoms with Crippen molar-refractivity contribution >= 4 is 0 Å². The van der Waals surface area contributed by atoms with Crippen LogP contribution in [0.25, 0.3) is 0 Å². The molecule has 0 saturated heterocycles. The van der Waals surface area contributed by atoms with Crippen LogP contribution in [0.4, 0.5) is 0 Å². The highest BCUT2D eigenvalue weighted by Crippen LogP contribution is 2.40. The minimum atomic E-state index is 0.332. The van der Waals surface area contributed by atoms with Crippen molar-refractivity contribution in [3.63, 3.8) is 0 Å². The fourth-order valence-electron chi connectivity index (χ4n) is 3.19. The third-order valence-corrected chi connectivity index (χ3v) is 4.56. The first-order chi connectivity index (χ1) is 9.99. The van der Waals surface area contributed by atoms with Crippen LogP contribution in [0, 0.1) is 5.41 Å². The zero-order chi connectivity index (χ0) is 15.3. The van der Waals surface area contributed by atoms with Gasteiger partial charge in [0, 0.05) is 0 Å². The van der Waals surface area contributed by atoms with Gasteiger partial charge in [-0.2, -0.15) is 0 Å². The monoisotopic (exact) mass is 280 g/mol. The summed E-state index contributed by atoms with van der Waals surface area (Å²) in [7, 11) is 0. The van der Waals surface area contributed by atoms with E-state index in [4.69, 9.17) is 0 Å². The van der Waals surface area contributed by atoms with Gasteiger partial charge in [0.05, 0.1) is 0 Å². The fourth-order valence-corrected chi connectivity index (χ4v) is 3.19. The standard InChI is InChI=1S/C21H28/c1-17(12-14-19-10-6-5-7-11-19)13-15-20-18(2)9-8-16-21(20,3)4/h5-7,10-13,15H,8-9,14,16H2,1-4H3/b15-13+,17-12?. The lowest BCUT2D eigenvalue weighted by Crippen LogP contribution is -2.19. The van der Waals surface area contributed by atoms with E-state index in [1.807, 2.05) is 0 Å². The molecule has 0 saturated carbocycles. The smallest absolute Gasteiger partial charge is 0.00917 e. The van der Waals surface area contributed by atoms with Crippen LogP contribution in [-0.2, 0) is 6.42 Å². The van der Waals surface area contributed by atoms with Crippen LogP contribution in [0.15, 0.2) is 65.3 Å². The Bertz CT molecular complexity index is 553. The number of hydrogen-bond acceptors (Lipinski definition) is 0. The first kappa shape index (κ1) is 15.8. The van der Waals surface area contributed by atoms with E-state index < -0.39 is 0 Å². The van der Waals surface area contributed by atoms with Gasteiger partial charge in [-0.15, -0.1) is 0 Å². The minimum Gasteiger partial charge on any atom is -0.0772 e. The summed E-state index contributed by atoms with van der Waals surface area (Å²) >= 11 is 0. The highest BCUT2D eigenvalue weighted by molar-refractivity contribution is 5.36. The lowest BCUT2D eigenvalue weighted by atomic mass is 9.72. The van der Waals surface area contributed by atoms with Gasteiger partial charge in [-0.3, -0.25) is 0 Å². The predicted molar refractivity (Wildman–Crippen MR) is 93.4 cm³/mol. The lowest BCUT2D eigenvalue weighted by molar-refractivity contribution is 0.377. The van der Waals surface area contributed by atoms with Crippen molar-refractivity contribution in [2.45, 2.75) is 53.4 Å². The highest BCUT2D eigenvalue weighted by Gasteiger charge is 2.26. The Labute approximate surface area is 130 Å². The third-order valence-electron chi connectivity index (χ3n) is 4.56. The number of allylic oxidation sites excluding steroid dienone is 6. The summed E-state index contributed by atoms with van der Waals surface area (Å²) in [4.78, 5) is 0. The summed E-state index contributed by atoms with van der Waals surface area (Å²) in [6, 6.07) is 10.6. The summed E-state index contributed by atoms with van der Waals surface area (Å²) in [5.41, 5.74) is 6.16. The molecule has 0 heteroatoms. The summed E-state index contributed by atoms with van der Waals surface area (Å²) in [5, 5.41) is 0. The summed E-state index contributed by atoms with van der Waals surface area (Å²) in [6.45, 7) is 9.24. The van der Waals surface area contributed by atoms with Gasteiger partial charge < -0.3 is 0 Å². The number of benzene rings is 1. The molecule has 0 heterocycles. The van der Waals surface area contributed by atoms with E-state index >= 15 is 0 Å². The van der Waals surface area contributed by atoms with E-state index in [1.165, 1.54) is 30.4 Å². The molecule has 0 aromatic heterocycles. The fraction of sp³-hybridized carbons (Fsp3) is 0.429. The molecule has 0 spiro atoms. The van der Waals surface area contributed by atoms with Crippen LogP contribution in [0.2, 0.25) is 0 Å². The minimum absolute atomic E-state index is 0.332. The van der Waals surface area contributed by atoms with E-state index in [-0.39, 0.29) is 0 Å². The highest BCUT2D eigenvalue weighted by atomic mass is 14.3. The number of rotatable bonds is 4. The molecule has 0 N–H and O–H groups in total. The third kappa shape index (κ3) is 4.46. The Kier molecular flexibility index (Phi) is 5.22. The average molecular weight is 280 g/mol. The van der Waals surface area contributed by atoms with E-state index in [0.29, 0.717) is 5.41 Å². The van der Waals surface area contributed by atoms with Gasteiger partial charge in [-0.25, -0.2) is 0 Å². The molecule has 0 nitrogen and oxygen atoms in total. The van der Waals surface area contributed by atoms with Gasteiger partial charge >= 0.3 is 0 Å². The van der Waals surface area contributed by atoms with Gasteiger partial charge in [0.2, 0.25) is 0 Å². The van der Waals surface area contributed by atoms with Crippen molar-refractivity contribution < 1.29 is 0 Å². The molecular formula is C21H28. The van der Waals surface area contributed by atoms with Gasteiger partial charge in [0.15, 0.2) is 0 Å². The Morgan fingerprint density at radius 3 is 2.57 bits per heavy atom. The maximum absolute atomic E-state index is 2.37. The van der Waals surface area contributed by atoms with Crippen molar-refractivity contribution in [2.24, 2.45) is 5.41 Å². The van der Waals surface area contributed by atoms with Crippen molar-refractivity contribution in [1.29, 1.82) is 0 Å². The van der Waals surface area contributed by atoms with Gasteiger partial charge in [-0.05, 0) is 56.1 Å². The maximum atomic E-state index is 2.37. The Balaban J connectivity index is 2.06. The first-order valence-corrected chi connectivity index (χ1v) is 8.08. The molecule has 1 aromatic rings. The van der Waals surface area contributed by atoms with Crippen LogP contribution in [0.3, 0.4) is 0 Å². The Hall–Kier alpha value is -1.56. The summed E-state index contributed by atoms with van der Waals surface area (Å²) in [5.74, 6) is 0. The van der Waals surface area contributed by atoms with E-state index in [2.05, 4.69) is 76.3 Å². The molecule has 0 unspecified atom stereocenters. The van der Waals surface area contributed by atoms with Crippen molar-refractivity contribution in [1.82, 2.24) is 0 Å². The van der Waals surface area contributed by atoms with Gasteiger partial charge in [0.25, 0.3) is 0 Å². The van der Waals surface area contributed by atoms with Crippen molar-refractivity contribution in [3.05, 3.63) is 70.8 Å². The number of hydrogen-bond donors (Lipinski definition) is 0. The molecule has 0 fully saturated rings. The average Bonchev–Trinajstić information content (AvgIpc) is 2.45. The lowest BCUT2D eigenvalue weighted by Gasteiger charge is -2.32. The SMILES string of the molecule is CC(=CCc1ccccc1)/C=C/C1=C(C)CCCC1(C)C. The second-order valence-corrected chi connectivity index (χ2v) is 6.90. The van der Waals surface area contributed by atoms with E-state index in [9.17, 15) is 0 Å². The van der Waals surface area contributed by atoms with Crippen molar-refractivity contribution in [3.8, 4) is 0 Å². The van der Waals surface area contributed by atoms with Crippen LogP contribution >= 0.6 is 0 Å². The molecule has 112 valence electrons. The molecule has 21 heavy (non-hydrogen) atoms. The molecular weight excluding hydrogens is 252 g/mol. The van der Waals surface area contributed by atoms with Crippen LogP contribution < -0.4 is 0 Å². The first-order valence-electron chi connectivity index (χ1n) is 8.08. The second-order valence-electron chi connectivity index (χ2n) is 6.90. The zero-order valence-electron chi connectivity index (χ0n) is 13.9. The molecule has 0 radical (unpaired) electrons. The molecule has 1 aliphatic rings. The van der Waals surface area contributed by atoms with Crippen LogP contribution in [0.1, 0.15) is 52.5 Å². The quantitative estimate of drug-likeness (QED) is 0.571. The Morgan fingerprint density at radius 2 is 1.90 bits per heavy atom. The normalized spacial score (nSPS) is 19.3. The molecule has 1 aromatic carbocycles. The maximum Gasteiger partial charge on any atom is -0.00917 e. The van der Waals surface area contributed by atoms with Crippen LogP contribution in [-0.4, -0.2) is 0 Å². The molecule has 0 aliphatic heterocycles. The Morgan fingerprint density at radius 1 is 1.19 bits per heavy atom. The molecule has 0 amide bonds. The van der Waals surface area contributed by atoms with Gasteiger partial charge in [0.1, 0.15) is 0 Å². The zero-order valence-corrected chi connectivity index (χ0v) is 13.9. The van der Waals surface area contributed by atoms with E-state index in [0.717, 1.165) is 6.42 Å². The van der Waals surface area contributed by atoms with Gasteiger partial charge in [-0.1, -0.05) is 73.6 Å². The predicted octanol–water partition coefficient (Wildman–Crippen LogP) is 6.26. The molecule has 1 aliphatic carbocycles. The second kappa shape index (κ2) is 6.93. The van der Waals surface area contributed by atoms with Crippen LogP contribution in [0.5, 0.6) is 0 Å². The topological polar surface area (TPSA) is 0 Å². The summed E-state index contributed by atoms with van der Waals surface area (Å²) < 4.78 is 0. The largest absolute Gasteiger partial charge is 0.0772 e. The molecule has 0 atom stereocenters. The van der Waals surface area contributed by atoms with Crippen molar-refractivity contribution in [2.75, 3.05) is 0 Å².